The van der Waals surface area contributed by atoms with Crippen LogP contribution in [0.3, 0.4) is 0 Å². The van der Waals surface area contributed by atoms with Crippen molar-refractivity contribution in [2.75, 3.05) is 0 Å². The van der Waals surface area contributed by atoms with Crippen LogP contribution in [0.25, 0.3) is 139 Å². The van der Waals surface area contributed by atoms with Gasteiger partial charge in [0.2, 0.25) is 0 Å². The minimum atomic E-state index is 1.19. The van der Waals surface area contributed by atoms with E-state index in [0.717, 1.165) is 0 Å². The topological polar surface area (TPSA) is 0 Å². The van der Waals surface area contributed by atoms with Gasteiger partial charge in [-0.1, -0.05) is 224 Å². The van der Waals surface area contributed by atoms with Gasteiger partial charge in [0.1, 0.15) is 0 Å². The molecule has 0 spiro atoms. The Morgan fingerprint density at radius 2 is 0.411 bits per heavy atom. The van der Waals surface area contributed by atoms with Crippen molar-refractivity contribution in [2.45, 2.75) is 0 Å². The second-order valence-electron chi connectivity index (χ2n) is 18.6. The maximum atomic E-state index is 2.45. The van der Waals surface area contributed by atoms with E-state index in [0.29, 0.717) is 0 Å². The summed E-state index contributed by atoms with van der Waals surface area (Å²) < 4.78 is 0. The largest absolute Gasteiger partial charge is 0.135 e. The van der Waals surface area contributed by atoms with E-state index in [2.05, 4.69) is 267 Å². The summed E-state index contributed by atoms with van der Waals surface area (Å²) in [6.07, 6.45) is 0. The Labute approximate surface area is 437 Å². The normalized spacial score (nSPS) is 11.6. The third-order valence-electron chi connectivity index (χ3n) is 14.4. The van der Waals surface area contributed by atoms with E-state index in [-0.39, 0.29) is 0 Å². The van der Waals surface area contributed by atoms with Crippen molar-refractivity contribution in [1.29, 1.82) is 0 Å². The third-order valence-corrected chi connectivity index (χ3v) is 17.9. The standard InChI is InChI=1S/C70H44S3/c1-4-16-46(17-5-1)61-38-39-64(71-61)49-30-34-51(35-31-49)68-55-24-12-10-22-53(55)67(54-23-11-13-25-56(54)68)50-32-28-45(29-33-50)52-36-37-59-60(44-52)70(66-43-41-63(73-66)48-20-8-3-9-21-48)58-27-15-14-26-57(58)69(59)65-42-40-62(72-65)47-18-6-2-7-19-47/h1-44H. The lowest BCUT2D eigenvalue weighted by Gasteiger charge is -2.18. The molecule has 0 N–H and O–H groups in total. The molecular formula is C70H44S3. The van der Waals surface area contributed by atoms with Crippen LogP contribution in [0.2, 0.25) is 0 Å². The van der Waals surface area contributed by atoms with Crippen molar-refractivity contribution in [3.05, 3.63) is 267 Å². The van der Waals surface area contributed by atoms with Gasteiger partial charge in [-0.2, -0.15) is 0 Å². The van der Waals surface area contributed by atoms with Gasteiger partial charge in [0.05, 0.1) is 0 Å². The van der Waals surface area contributed by atoms with Crippen LogP contribution in [0, 0.1) is 0 Å². The average Bonchev–Trinajstić information content (AvgIpc) is 4.28. The summed E-state index contributed by atoms with van der Waals surface area (Å²) in [5.41, 5.74) is 14.9. The van der Waals surface area contributed by atoms with Gasteiger partial charge in [-0.05, 0) is 141 Å². The summed E-state index contributed by atoms with van der Waals surface area (Å²) >= 11 is 5.60. The quantitative estimate of drug-likeness (QED) is 0.126. The fourth-order valence-corrected chi connectivity index (χ4v) is 14.2. The summed E-state index contributed by atoms with van der Waals surface area (Å²) in [7, 11) is 0. The molecule has 0 bridgehead atoms. The maximum Gasteiger partial charge on any atom is 0.0361 e. The van der Waals surface area contributed by atoms with E-state index >= 15 is 0 Å². The molecule has 0 unspecified atom stereocenters. The van der Waals surface area contributed by atoms with Gasteiger partial charge in [-0.25, -0.2) is 0 Å². The molecule has 14 aromatic rings. The van der Waals surface area contributed by atoms with Crippen LogP contribution in [0.4, 0.5) is 0 Å². The Kier molecular flexibility index (Phi) is 10.9. The molecular weight excluding hydrogens is 937 g/mol. The second kappa shape index (κ2) is 18.3. The van der Waals surface area contributed by atoms with Crippen LogP contribution in [0.5, 0.6) is 0 Å². The molecule has 3 aromatic heterocycles. The monoisotopic (exact) mass is 980 g/mol. The minimum Gasteiger partial charge on any atom is -0.135 e. The summed E-state index contributed by atoms with van der Waals surface area (Å²) in [6, 6.07) is 98.6. The Bertz CT molecular complexity index is 4270. The Morgan fingerprint density at radius 1 is 0.151 bits per heavy atom. The van der Waals surface area contributed by atoms with Crippen LogP contribution in [0.1, 0.15) is 0 Å². The van der Waals surface area contributed by atoms with Gasteiger partial charge in [-0.3, -0.25) is 0 Å². The zero-order valence-electron chi connectivity index (χ0n) is 39.6. The molecule has 0 fully saturated rings. The number of fused-ring (bicyclic) bond motifs is 4. The van der Waals surface area contributed by atoms with Crippen molar-refractivity contribution in [1.82, 2.24) is 0 Å². The molecule has 0 radical (unpaired) electrons. The lowest BCUT2D eigenvalue weighted by Crippen LogP contribution is -1.91. The molecule has 0 aliphatic carbocycles. The average molecular weight is 981 g/mol. The lowest BCUT2D eigenvalue weighted by molar-refractivity contribution is 1.63. The molecule has 73 heavy (non-hydrogen) atoms. The first-order valence-corrected chi connectivity index (χ1v) is 27.3. The fraction of sp³-hybridized carbons (Fsp3) is 0. The first kappa shape index (κ1) is 43.4. The molecule has 0 amide bonds. The van der Waals surface area contributed by atoms with Crippen molar-refractivity contribution < 1.29 is 0 Å². The smallest absolute Gasteiger partial charge is 0.0361 e. The molecule has 0 nitrogen and oxygen atoms in total. The van der Waals surface area contributed by atoms with Crippen molar-refractivity contribution in [3.8, 4) is 96.0 Å². The zero-order chi connectivity index (χ0) is 48.2. The number of rotatable bonds is 9. The van der Waals surface area contributed by atoms with Gasteiger partial charge >= 0.3 is 0 Å². The minimum absolute atomic E-state index is 1.19. The third kappa shape index (κ3) is 7.73. The molecule has 11 aromatic carbocycles. The highest BCUT2D eigenvalue weighted by molar-refractivity contribution is 7.19. The predicted molar refractivity (Wildman–Crippen MR) is 319 cm³/mol. The summed E-state index contributed by atoms with van der Waals surface area (Å²) in [4.78, 5) is 7.65. The molecule has 3 heteroatoms. The van der Waals surface area contributed by atoms with Gasteiger partial charge in [0.25, 0.3) is 0 Å². The summed E-state index contributed by atoms with van der Waals surface area (Å²) in [6.45, 7) is 0. The molecule has 0 saturated carbocycles. The number of hydrogen-bond acceptors (Lipinski definition) is 3. The van der Waals surface area contributed by atoms with Gasteiger partial charge in [-0.15, -0.1) is 34.0 Å². The van der Waals surface area contributed by atoms with Crippen LogP contribution >= 0.6 is 34.0 Å². The first-order chi connectivity index (χ1) is 36.2. The maximum absolute atomic E-state index is 2.45. The predicted octanol–water partition coefficient (Wildman–Crippen LogP) is 21.5. The summed E-state index contributed by atoms with van der Waals surface area (Å²) in [5.74, 6) is 0. The SMILES string of the molecule is c1ccc(-c2ccc(-c3ccc(-c4c5ccccc5c(-c5ccc(-c6ccc7c(-c8ccc(-c9ccccc9)s8)c8ccccc8c(-c8ccc(-c9ccccc9)s8)c7c6)cc5)c5ccccc45)cc3)s2)cc1. The van der Waals surface area contributed by atoms with Crippen LogP contribution in [-0.4, -0.2) is 0 Å². The first-order valence-electron chi connectivity index (χ1n) is 24.8. The van der Waals surface area contributed by atoms with E-state index in [4.69, 9.17) is 0 Å². The van der Waals surface area contributed by atoms with Gasteiger partial charge in [0.15, 0.2) is 0 Å². The molecule has 0 atom stereocenters. The molecule has 0 aliphatic heterocycles. The van der Waals surface area contributed by atoms with E-state index in [1.54, 1.807) is 0 Å². The summed E-state index contributed by atoms with van der Waals surface area (Å²) in [5, 5.41) is 10.1. The van der Waals surface area contributed by atoms with Crippen molar-refractivity contribution >= 4 is 77.1 Å². The van der Waals surface area contributed by atoms with Crippen molar-refractivity contribution in [3.63, 3.8) is 0 Å². The van der Waals surface area contributed by atoms with E-state index in [1.165, 1.54) is 139 Å². The Morgan fingerprint density at radius 3 is 0.808 bits per heavy atom. The lowest BCUT2D eigenvalue weighted by atomic mass is 9.85. The van der Waals surface area contributed by atoms with Crippen LogP contribution in [-0.2, 0) is 0 Å². The van der Waals surface area contributed by atoms with Crippen LogP contribution in [0.15, 0.2) is 267 Å². The molecule has 3 heterocycles. The van der Waals surface area contributed by atoms with Crippen molar-refractivity contribution in [2.24, 2.45) is 0 Å². The number of benzene rings is 11. The van der Waals surface area contributed by atoms with Crippen LogP contribution < -0.4 is 0 Å². The molecule has 14 rings (SSSR count). The van der Waals surface area contributed by atoms with Gasteiger partial charge in [0, 0.05) is 40.4 Å². The number of hydrogen-bond donors (Lipinski definition) is 0. The molecule has 342 valence electrons. The second-order valence-corrected chi connectivity index (χ2v) is 21.9. The molecule has 0 saturated heterocycles. The highest BCUT2D eigenvalue weighted by atomic mass is 32.1. The molecule has 0 aliphatic rings. The Hall–Kier alpha value is -8.44. The van der Waals surface area contributed by atoms with E-state index in [1.807, 2.05) is 34.0 Å². The number of thiophene rings is 3. The van der Waals surface area contributed by atoms with E-state index in [9.17, 15) is 0 Å². The Balaban J connectivity index is 0.882. The van der Waals surface area contributed by atoms with Gasteiger partial charge < -0.3 is 0 Å². The van der Waals surface area contributed by atoms with E-state index < -0.39 is 0 Å². The highest BCUT2D eigenvalue weighted by Crippen LogP contribution is 2.50. The zero-order valence-corrected chi connectivity index (χ0v) is 42.1. The highest BCUT2D eigenvalue weighted by Gasteiger charge is 2.22. The fourth-order valence-electron chi connectivity index (χ4n) is 11.0.